The predicted octanol–water partition coefficient (Wildman–Crippen LogP) is 1.83. The molecule has 1 aromatic rings. The highest BCUT2D eigenvalue weighted by Crippen LogP contribution is 2.30. The van der Waals surface area contributed by atoms with E-state index in [0.29, 0.717) is 12.6 Å². The van der Waals surface area contributed by atoms with Gasteiger partial charge in [-0.2, -0.15) is 0 Å². The summed E-state index contributed by atoms with van der Waals surface area (Å²) in [4.78, 5) is 17.0. The zero-order valence-electron chi connectivity index (χ0n) is 9.39. The van der Waals surface area contributed by atoms with Crippen molar-refractivity contribution in [3.05, 3.63) is 23.9 Å². The molecule has 1 heterocycles. The average molecular weight is 220 g/mol. The van der Waals surface area contributed by atoms with E-state index in [4.69, 9.17) is 5.11 Å². The largest absolute Gasteiger partial charge is 0.481 e. The van der Waals surface area contributed by atoms with Gasteiger partial charge in [0.15, 0.2) is 0 Å². The van der Waals surface area contributed by atoms with Crippen LogP contribution in [0.15, 0.2) is 18.3 Å². The number of pyridine rings is 1. The Bertz CT molecular complexity index is 388. The smallest absolute Gasteiger partial charge is 0.305 e. The van der Waals surface area contributed by atoms with Gasteiger partial charge in [-0.3, -0.25) is 4.79 Å². The number of rotatable bonds is 5. The average Bonchev–Trinajstić information content (AvgIpc) is 3.02. The second kappa shape index (κ2) is 4.51. The van der Waals surface area contributed by atoms with Gasteiger partial charge in [-0.05, 0) is 37.5 Å². The first-order chi connectivity index (χ1) is 7.66. The van der Waals surface area contributed by atoms with Crippen LogP contribution in [0, 0.1) is 6.92 Å². The molecular formula is C12H16N2O2. The van der Waals surface area contributed by atoms with E-state index in [0.717, 1.165) is 24.2 Å². The molecule has 1 aliphatic carbocycles. The first kappa shape index (κ1) is 10.9. The lowest BCUT2D eigenvalue weighted by Gasteiger charge is -2.22. The van der Waals surface area contributed by atoms with E-state index in [1.54, 1.807) is 6.20 Å². The summed E-state index contributed by atoms with van der Waals surface area (Å²) >= 11 is 0. The van der Waals surface area contributed by atoms with Crippen LogP contribution in [0.2, 0.25) is 0 Å². The van der Waals surface area contributed by atoms with Crippen molar-refractivity contribution in [2.45, 2.75) is 32.2 Å². The van der Waals surface area contributed by atoms with E-state index < -0.39 is 5.97 Å². The molecule has 16 heavy (non-hydrogen) atoms. The summed E-state index contributed by atoms with van der Waals surface area (Å²) in [6.07, 6.45) is 4.25. The van der Waals surface area contributed by atoms with E-state index in [-0.39, 0.29) is 6.42 Å². The van der Waals surface area contributed by atoms with Crippen LogP contribution in [-0.4, -0.2) is 28.6 Å². The standard InChI is InChI=1S/C12H16N2O2/c1-9-4-6-13-11(8-9)14(10-2-3-10)7-5-12(15)16/h4,6,8,10H,2-3,5,7H2,1H3,(H,15,16). The van der Waals surface area contributed by atoms with Crippen LogP contribution in [0.3, 0.4) is 0 Å². The molecule has 0 spiro atoms. The second-order valence-corrected chi connectivity index (χ2v) is 4.26. The van der Waals surface area contributed by atoms with Crippen LogP contribution < -0.4 is 4.90 Å². The number of carboxylic acid groups (broad SMARTS) is 1. The predicted molar refractivity (Wildman–Crippen MR) is 61.6 cm³/mol. The summed E-state index contributed by atoms with van der Waals surface area (Å²) in [5.74, 6) is 0.155. The Labute approximate surface area is 94.9 Å². The summed E-state index contributed by atoms with van der Waals surface area (Å²) in [6, 6.07) is 4.46. The molecule has 4 heteroatoms. The van der Waals surface area contributed by atoms with Gasteiger partial charge in [0.1, 0.15) is 5.82 Å². The van der Waals surface area contributed by atoms with Crippen molar-refractivity contribution in [2.75, 3.05) is 11.4 Å². The molecule has 2 rings (SSSR count). The highest BCUT2D eigenvalue weighted by molar-refractivity contribution is 5.67. The van der Waals surface area contributed by atoms with Crippen LogP contribution in [-0.2, 0) is 4.79 Å². The van der Waals surface area contributed by atoms with E-state index in [1.807, 2.05) is 19.1 Å². The fourth-order valence-corrected chi connectivity index (χ4v) is 1.76. The first-order valence-electron chi connectivity index (χ1n) is 5.58. The Balaban J connectivity index is 2.09. The minimum Gasteiger partial charge on any atom is -0.481 e. The van der Waals surface area contributed by atoms with Crippen molar-refractivity contribution in [1.29, 1.82) is 0 Å². The van der Waals surface area contributed by atoms with E-state index in [1.165, 1.54) is 0 Å². The lowest BCUT2D eigenvalue weighted by atomic mass is 10.2. The Morgan fingerprint density at radius 1 is 1.62 bits per heavy atom. The molecule has 1 aliphatic rings. The summed E-state index contributed by atoms with van der Waals surface area (Å²) in [5, 5.41) is 8.72. The number of carboxylic acids is 1. The number of hydrogen-bond acceptors (Lipinski definition) is 3. The Morgan fingerprint density at radius 2 is 2.38 bits per heavy atom. The van der Waals surface area contributed by atoms with Crippen molar-refractivity contribution in [3.8, 4) is 0 Å². The van der Waals surface area contributed by atoms with Crippen LogP contribution in [0.4, 0.5) is 5.82 Å². The monoisotopic (exact) mass is 220 g/mol. The molecule has 0 amide bonds. The van der Waals surface area contributed by atoms with Gasteiger partial charge in [-0.15, -0.1) is 0 Å². The molecule has 1 N–H and O–H groups in total. The number of aliphatic carboxylic acids is 1. The summed E-state index contributed by atoms with van der Waals surface area (Å²) < 4.78 is 0. The maximum atomic E-state index is 10.6. The van der Waals surface area contributed by atoms with E-state index >= 15 is 0 Å². The Hall–Kier alpha value is -1.58. The molecule has 0 atom stereocenters. The molecule has 4 nitrogen and oxygen atoms in total. The van der Waals surface area contributed by atoms with Gasteiger partial charge in [0.2, 0.25) is 0 Å². The molecule has 0 radical (unpaired) electrons. The van der Waals surface area contributed by atoms with Crippen molar-refractivity contribution < 1.29 is 9.90 Å². The minimum atomic E-state index is -0.752. The van der Waals surface area contributed by atoms with Crippen LogP contribution in [0.5, 0.6) is 0 Å². The molecule has 0 unspecified atom stereocenters. The minimum absolute atomic E-state index is 0.173. The number of anilines is 1. The van der Waals surface area contributed by atoms with Crippen LogP contribution in [0.25, 0.3) is 0 Å². The Morgan fingerprint density at radius 3 is 2.94 bits per heavy atom. The van der Waals surface area contributed by atoms with Crippen molar-refractivity contribution in [3.63, 3.8) is 0 Å². The SMILES string of the molecule is Cc1ccnc(N(CCC(=O)O)C2CC2)c1. The van der Waals surface area contributed by atoms with Gasteiger partial charge in [-0.1, -0.05) is 0 Å². The van der Waals surface area contributed by atoms with Gasteiger partial charge in [0.05, 0.1) is 6.42 Å². The first-order valence-corrected chi connectivity index (χ1v) is 5.58. The highest BCUT2D eigenvalue weighted by atomic mass is 16.4. The second-order valence-electron chi connectivity index (χ2n) is 4.26. The molecule has 0 aromatic carbocycles. The fourth-order valence-electron chi connectivity index (χ4n) is 1.76. The molecule has 0 bridgehead atoms. The highest BCUT2D eigenvalue weighted by Gasteiger charge is 2.30. The molecule has 1 aromatic heterocycles. The van der Waals surface area contributed by atoms with Gasteiger partial charge in [0.25, 0.3) is 0 Å². The van der Waals surface area contributed by atoms with Crippen molar-refractivity contribution >= 4 is 11.8 Å². The fraction of sp³-hybridized carbons (Fsp3) is 0.500. The molecule has 1 saturated carbocycles. The third-order valence-electron chi connectivity index (χ3n) is 2.75. The van der Waals surface area contributed by atoms with Gasteiger partial charge in [0, 0.05) is 18.8 Å². The molecule has 0 aliphatic heterocycles. The topological polar surface area (TPSA) is 53.4 Å². The number of carbonyl (C=O) groups is 1. The third-order valence-corrected chi connectivity index (χ3v) is 2.75. The van der Waals surface area contributed by atoms with Crippen molar-refractivity contribution in [2.24, 2.45) is 0 Å². The lowest BCUT2D eigenvalue weighted by molar-refractivity contribution is -0.136. The van der Waals surface area contributed by atoms with Gasteiger partial charge >= 0.3 is 5.97 Å². The quantitative estimate of drug-likeness (QED) is 0.822. The zero-order chi connectivity index (χ0) is 11.5. The number of aromatic nitrogens is 1. The summed E-state index contributed by atoms with van der Waals surface area (Å²) in [5.41, 5.74) is 1.16. The van der Waals surface area contributed by atoms with E-state index in [9.17, 15) is 4.79 Å². The molecule has 86 valence electrons. The Kier molecular flexibility index (Phi) is 3.08. The van der Waals surface area contributed by atoms with Crippen molar-refractivity contribution in [1.82, 2.24) is 4.98 Å². The van der Waals surface area contributed by atoms with Gasteiger partial charge in [-0.25, -0.2) is 4.98 Å². The zero-order valence-corrected chi connectivity index (χ0v) is 9.39. The van der Waals surface area contributed by atoms with Crippen LogP contribution >= 0.6 is 0 Å². The number of hydrogen-bond donors (Lipinski definition) is 1. The van der Waals surface area contributed by atoms with Crippen LogP contribution in [0.1, 0.15) is 24.8 Å². The summed E-state index contributed by atoms with van der Waals surface area (Å²) in [6.45, 7) is 2.57. The van der Waals surface area contributed by atoms with Gasteiger partial charge < -0.3 is 10.0 Å². The maximum absolute atomic E-state index is 10.6. The summed E-state index contributed by atoms with van der Waals surface area (Å²) in [7, 11) is 0. The maximum Gasteiger partial charge on any atom is 0.305 e. The molecular weight excluding hydrogens is 204 g/mol. The molecule has 0 saturated heterocycles. The third kappa shape index (κ3) is 2.72. The number of nitrogens with zero attached hydrogens (tertiary/aromatic N) is 2. The normalized spacial score (nSPS) is 14.8. The number of aryl methyl sites for hydroxylation is 1. The van der Waals surface area contributed by atoms with E-state index in [2.05, 4.69) is 9.88 Å². The lowest BCUT2D eigenvalue weighted by Crippen LogP contribution is -2.29. The molecule has 1 fully saturated rings.